The molecule has 4 rings (SSSR count). The van der Waals surface area contributed by atoms with Gasteiger partial charge in [0.1, 0.15) is 5.75 Å². The maximum atomic E-state index is 14.3. The fourth-order valence-corrected chi connectivity index (χ4v) is 4.91. The zero-order valence-electron chi connectivity index (χ0n) is 17.4. The van der Waals surface area contributed by atoms with Gasteiger partial charge in [0, 0.05) is 23.5 Å². The Morgan fingerprint density at radius 1 is 1.26 bits per heavy atom. The van der Waals surface area contributed by atoms with Crippen LogP contribution in [0.2, 0.25) is 5.02 Å². The number of halogens is 4. The van der Waals surface area contributed by atoms with Crippen molar-refractivity contribution < 1.29 is 23.0 Å². The van der Waals surface area contributed by atoms with E-state index in [4.69, 9.17) is 16.3 Å². The van der Waals surface area contributed by atoms with Crippen LogP contribution in [0.4, 0.5) is 24.5 Å². The van der Waals surface area contributed by atoms with Gasteiger partial charge in [-0.05, 0) is 47.2 Å². The molecule has 31 heavy (non-hydrogen) atoms. The van der Waals surface area contributed by atoms with Crippen LogP contribution in [0.1, 0.15) is 43.0 Å². The molecule has 166 valence electrons. The van der Waals surface area contributed by atoms with Crippen LogP contribution in [-0.2, 0) is 5.41 Å². The maximum Gasteiger partial charge on any atom is 0.419 e. The first-order chi connectivity index (χ1) is 14.5. The first kappa shape index (κ1) is 21.8. The molecule has 1 aliphatic heterocycles. The summed E-state index contributed by atoms with van der Waals surface area (Å²) in [5.41, 5.74) is -0.972. The summed E-state index contributed by atoms with van der Waals surface area (Å²) in [5, 5.41) is 17.7. The molecule has 0 radical (unpaired) electrons. The molecule has 2 unspecified atom stereocenters. The predicted octanol–water partition coefficient (Wildman–Crippen LogP) is 5.92. The summed E-state index contributed by atoms with van der Waals surface area (Å²) in [6, 6.07) is 7.01. The molecule has 0 aromatic heterocycles. The zero-order valence-corrected chi connectivity index (χ0v) is 18.2. The first-order valence-corrected chi connectivity index (χ1v) is 10.3. The highest BCUT2D eigenvalue weighted by molar-refractivity contribution is 6.32. The van der Waals surface area contributed by atoms with Crippen LogP contribution in [0.5, 0.6) is 5.75 Å². The molecule has 4 nitrogen and oxygen atoms in total. The van der Waals surface area contributed by atoms with Crippen LogP contribution < -0.4 is 15.4 Å². The van der Waals surface area contributed by atoms with Crippen molar-refractivity contribution in [3.8, 4) is 5.75 Å². The lowest BCUT2D eigenvalue weighted by atomic mass is 9.63. The number of hydrogen-bond acceptors (Lipinski definition) is 4. The van der Waals surface area contributed by atoms with E-state index in [1.54, 1.807) is 32.0 Å². The number of anilines is 2. The Morgan fingerprint density at radius 2 is 2.00 bits per heavy atom. The quantitative estimate of drug-likeness (QED) is 0.541. The van der Waals surface area contributed by atoms with E-state index in [0.29, 0.717) is 28.4 Å². The normalized spacial score (nSPS) is 24.1. The van der Waals surface area contributed by atoms with Gasteiger partial charge >= 0.3 is 6.18 Å². The summed E-state index contributed by atoms with van der Waals surface area (Å²) in [6.45, 7) is 4.00. The van der Waals surface area contributed by atoms with Gasteiger partial charge in [-0.25, -0.2) is 0 Å². The summed E-state index contributed by atoms with van der Waals surface area (Å²) in [4.78, 5) is 0. The van der Waals surface area contributed by atoms with Crippen molar-refractivity contribution in [1.29, 1.82) is 0 Å². The Labute approximate surface area is 184 Å². The smallest absolute Gasteiger partial charge is 0.419 e. The van der Waals surface area contributed by atoms with E-state index in [1.165, 1.54) is 13.2 Å². The van der Waals surface area contributed by atoms with E-state index >= 15 is 0 Å². The average Bonchev–Trinajstić information content (AvgIpc) is 2.70. The number of nitrogens with one attached hydrogen (secondary N) is 2. The van der Waals surface area contributed by atoms with Crippen LogP contribution >= 0.6 is 11.6 Å². The summed E-state index contributed by atoms with van der Waals surface area (Å²) in [7, 11) is 1.41. The Balaban J connectivity index is 1.93. The third-order valence-electron chi connectivity index (χ3n) is 6.14. The average molecular weight is 453 g/mol. The topological polar surface area (TPSA) is 53.5 Å². The molecular formula is C23H24ClF3N2O2. The molecule has 2 aromatic rings. The molecular weight excluding hydrogens is 429 g/mol. The molecule has 2 aliphatic rings. The minimum Gasteiger partial charge on any atom is -0.495 e. The van der Waals surface area contributed by atoms with Crippen LogP contribution in [0.15, 0.2) is 36.4 Å². The number of benzene rings is 2. The number of alkyl halides is 3. The van der Waals surface area contributed by atoms with Gasteiger partial charge in [-0.2, -0.15) is 13.2 Å². The van der Waals surface area contributed by atoms with Gasteiger partial charge in [-0.15, -0.1) is 0 Å². The number of aliphatic hydroxyl groups is 1. The van der Waals surface area contributed by atoms with E-state index in [2.05, 4.69) is 10.6 Å². The molecule has 3 N–H and O–H groups in total. The van der Waals surface area contributed by atoms with Gasteiger partial charge in [-0.3, -0.25) is 0 Å². The maximum absolute atomic E-state index is 14.3. The molecule has 0 bridgehead atoms. The largest absolute Gasteiger partial charge is 0.495 e. The van der Waals surface area contributed by atoms with Crippen molar-refractivity contribution in [2.75, 3.05) is 24.3 Å². The number of methoxy groups -OCH3 is 1. The lowest BCUT2D eigenvalue weighted by Gasteiger charge is -2.49. The van der Waals surface area contributed by atoms with Gasteiger partial charge < -0.3 is 20.5 Å². The second kappa shape index (κ2) is 7.35. The van der Waals surface area contributed by atoms with E-state index in [9.17, 15) is 18.3 Å². The van der Waals surface area contributed by atoms with Crippen molar-refractivity contribution in [3.05, 3.63) is 58.1 Å². The summed E-state index contributed by atoms with van der Waals surface area (Å²) in [6.07, 6.45) is -1.63. The highest BCUT2D eigenvalue weighted by Gasteiger charge is 2.64. The molecule has 1 aliphatic carbocycles. The van der Waals surface area contributed by atoms with Crippen LogP contribution in [-0.4, -0.2) is 30.5 Å². The van der Waals surface area contributed by atoms with Crippen LogP contribution in [0, 0.1) is 0 Å². The van der Waals surface area contributed by atoms with Crippen molar-refractivity contribution in [2.24, 2.45) is 0 Å². The van der Waals surface area contributed by atoms with E-state index in [1.807, 2.05) is 18.2 Å². The van der Waals surface area contributed by atoms with E-state index in [-0.39, 0.29) is 5.75 Å². The minimum atomic E-state index is -4.87. The third-order valence-corrected chi connectivity index (χ3v) is 6.44. The number of hydrogen-bond donors (Lipinski definition) is 3. The summed E-state index contributed by atoms with van der Waals surface area (Å²) in [5.74, 6) is 0.256. The van der Waals surface area contributed by atoms with Crippen molar-refractivity contribution in [2.45, 2.75) is 43.5 Å². The monoisotopic (exact) mass is 452 g/mol. The lowest BCUT2D eigenvalue weighted by Crippen LogP contribution is -2.58. The number of fused-ring (bicyclic) bond motifs is 2. The Bertz CT molecular complexity index is 1050. The molecule has 8 heteroatoms. The predicted molar refractivity (Wildman–Crippen MR) is 117 cm³/mol. The molecule has 0 spiro atoms. The second-order valence-electron chi connectivity index (χ2n) is 8.68. The SMILES string of the molecule is COc1cc2c(cc1Cl)C(C)(C)CC(O)(C(F)(F)F)C2Nc1cccc2c1C=CCN2. The Hall–Kier alpha value is -2.38. The third kappa shape index (κ3) is 3.53. The highest BCUT2D eigenvalue weighted by Crippen LogP contribution is 2.56. The van der Waals surface area contributed by atoms with Gasteiger partial charge in [0.15, 0.2) is 5.60 Å². The second-order valence-corrected chi connectivity index (χ2v) is 9.09. The Kier molecular flexibility index (Phi) is 5.17. The van der Waals surface area contributed by atoms with Gasteiger partial charge in [0.25, 0.3) is 0 Å². The lowest BCUT2D eigenvalue weighted by molar-refractivity contribution is -0.275. The minimum absolute atomic E-state index is 0.256. The molecule has 0 fully saturated rings. The molecule has 2 atom stereocenters. The molecule has 0 amide bonds. The Morgan fingerprint density at radius 3 is 2.68 bits per heavy atom. The molecule has 0 saturated carbocycles. The van der Waals surface area contributed by atoms with E-state index < -0.39 is 29.7 Å². The standard InChI is InChI=1S/C23H24ClF3N2O2/c1-21(2)12-22(30,23(25,26)27)20(14-10-19(31-3)16(24)11-15(14)21)29-18-8-4-7-17-13(18)6-5-9-28-17/h4-8,10-11,20,28-30H,9,12H2,1-3H3. The fraction of sp³-hybridized carbons (Fsp3) is 0.391. The molecule has 1 heterocycles. The first-order valence-electron chi connectivity index (χ1n) is 9.95. The van der Waals surface area contributed by atoms with E-state index in [0.717, 1.165) is 11.3 Å². The van der Waals surface area contributed by atoms with Crippen molar-refractivity contribution in [1.82, 2.24) is 0 Å². The highest BCUT2D eigenvalue weighted by atomic mass is 35.5. The van der Waals surface area contributed by atoms with Gasteiger partial charge in [0.05, 0.1) is 18.2 Å². The van der Waals surface area contributed by atoms with Crippen molar-refractivity contribution >= 4 is 29.1 Å². The van der Waals surface area contributed by atoms with Gasteiger partial charge in [-0.1, -0.05) is 43.7 Å². The van der Waals surface area contributed by atoms with Crippen molar-refractivity contribution in [3.63, 3.8) is 0 Å². The number of rotatable bonds is 3. The summed E-state index contributed by atoms with van der Waals surface area (Å²) >= 11 is 6.30. The zero-order chi connectivity index (χ0) is 22.6. The van der Waals surface area contributed by atoms with Crippen LogP contribution in [0.3, 0.4) is 0 Å². The fourth-order valence-electron chi connectivity index (χ4n) is 4.67. The molecule has 0 saturated heterocycles. The van der Waals surface area contributed by atoms with Gasteiger partial charge in [0.2, 0.25) is 0 Å². The number of ether oxygens (including phenoxy) is 1. The molecule has 2 aromatic carbocycles. The summed E-state index contributed by atoms with van der Waals surface area (Å²) < 4.78 is 48.3. The van der Waals surface area contributed by atoms with Crippen LogP contribution in [0.25, 0.3) is 6.08 Å².